The summed E-state index contributed by atoms with van der Waals surface area (Å²) in [5.41, 5.74) is -0.692. The number of aliphatic imine (C=N–C) groups is 1. The minimum absolute atomic E-state index is 0.0946. The molecule has 0 saturated heterocycles. The maximum atomic E-state index is 14.7. The van der Waals surface area contributed by atoms with Gasteiger partial charge in [0.05, 0.1) is 18.4 Å². The number of hydrogen-bond acceptors (Lipinski definition) is 10. The number of allylic oxidation sites excluding steroid dienone is 1. The fourth-order valence-corrected chi connectivity index (χ4v) is 5.27. The number of anilines is 1. The van der Waals surface area contributed by atoms with Crippen LogP contribution < -0.4 is 4.90 Å². The van der Waals surface area contributed by atoms with Gasteiger partial charge in [0.15, 0.2) is 11.7 Å². The van der Waals surface area contributed by atoms with Gasteiger partial charge < -0.3 is 24.6 Å². The number of alkyl halides is 3. The number of aryl methyl sites for hydroxylation is 1. The summed E-state index contributed by atoms with van der Waals surface area (Å²) < 4.78 is 46.5. The van der Waals surface area contributed by atoms with Gasteiger partial charge in [-0.25, -0.2) is 9.98 Å². The molecular weight excluding hydrogens is 587 g/mol. The third-order valence-corrected chi connectivity index (χ3v) is 7.81. The maximum Gasteiger partial charge on any atom is 0.420 e. The van der Waals surface area contributed by atoms with E-state index in [9.17, 15) is 28.2 Å². The van der Waals surface area contributed by atoms with Crippen molar-refractivity contribution in [1.29, 1.82) is 0 Å². The topological polar surface area (TPSA) is 138 Å². The number of amides is 1. The number of halogens is 3. The van der Waals surface area contributed by atoms with Gasteiger partial charge in [0.1, 0.15) is 17.5 Å². The predicted octanol–water partition coefficient (Wildman–Crippen LogP) is 3.14. The van der Waals surface area contributed by atoms with E-state index in [1.54, 1.807) is 33.0 Å². The first-order valence-electron chi connectivity index (χ1n) is 13.7. The lowest BCUT2D eigenvalue weighted by molar-refractivity contribution is -0.126. The Labute approximate surface area is 250 Å². The van der Waals surface area contributed by atoms with Crippen LogP contribution in [0.3, 0.4) is 0 Å². The standard InChI is InChI=1S/C27H34F3N9O3S/c1-6-37(7-2)26(42)20-21(27(28,29)30)24-33-22(25-34-31-15-36(25)4)35-39(24)23(20)32-18-10-9-16(13-19(18)43-5)38(8-3)12-11-17(41)14-40/h9-10,13,15,17,40-41H,6-8,11-12,14H2,1-5H3. The summed E-state index contributed by atoms with van der Waals surface area (Å²) in [6, 6.07) is 5.29. The largest absolute Gasteiger partial charge is 0.420 e. The number of fused-ring (bicyclic) bond motifs is 1. The van der Waals surface area contributed by atoms with Crippen molar-refractivity contribution in [2.75, 3.05) is 43.9 Å². The Hall–Kier alpha value is -3.76. The van der Waals surface area contributed by atoms with Crippen molar-refractivity contribution in [2.45, 2.75) is 44.4 Å². The van der Waals surface area contributed by atoms with E-state index in [2.05, 4.69) is 25.3 Å². The Bertz CT molecular complexity index is 1530. The van der Waals surface area contributed by atoms with Gasteiger partial charge in [-0.3, -0.25) is 4.79 Å². The normalized spacial score (nSPS) is 14.9. The molecule has 2 N–H and O–H groups in total. The number of aromatic nitrogens is 6. The molecule has 16 heteroatoms. The van der Waals surface area contributed by atoms with E-state index >= 15 is 0 Å². The number of rotatable bonds is 12. The molecule has 1 aliphatic heterocycles. The molecule has 1 atom stereocenters. The molecule has 3 heterocycles. The molecule has 0 spiro atoms. The van der Waals surface area contributed by atoms with Crippen LogP contribution in [-0.4, -0.2) is 108 Å². The minimum atomic E-state index is -4.94. The summed E-state index contributed by atoms with van der Waals surface area (Å²) in [6.45, 7) is 6.47. The molecule has 1 aromatic carbocycles. The zero-order valence-electron chi connectivity index (χ0n) is 24.5. The average molecular weight is 622 g/mol. The van der Waals surface area contributed by atoms with Crippen LogP contribution in [0.5, 0.6) is 0 Å². The van der Waals surface area contributed by atoms with Crippen LogP contribution in [0.2, 0.25) is 0 Å². The third-order valence-electron chi connectivity index (χ3n) is 7.04. The molecule has 0 radical (unpaired) electrons. The Morgan fingerprint density at radius 2 is 1.88 bits per heavy atom. The van der Waals surface area contributed by atoms with Crippen LogP contribution in [0, 0.1) is 0 Å². The first-order valence-corrected chi connectivity index (χ1v) is 14.9. The highest BCUT2D eigenvalue weighted by atomic mass is 32.2. The first-order chi connectivity index (χ1) is 20.5. The van der Waals surface area contributed by atoms with Crippen molar-refractivity contribution >= 4 is 40.5 Å². The van der Waals surface area contributed by atoms with E-state index in [0.29, 0.717) is 30.1 Å². The molecule has 4 rings (SSSR count). The molecule has 0 bridgehead atoms. The molecule has 43 heavy (non-hydrogen) atoms. The van der Waals surface area contributed by atoms with E-state index in [4.69, 9.17) is 0 Å². The zero-order valence-corrected chi connectivity index (χ0v) is 25.3. The van der Waals surface area contributed by atoms with E-state index in [0.717, 1.165) is 10.4 Å². The summed E-state index contributed by atoms with van der Waals surface area (Å²) in [5.74, 6) is -1.61. The Morgan fingerprint density at radius 3 is 2.44 bits per heavy atom. The molecule has 1 aliphatic rings. The fraction of sp³-hybridized carbons (Fsp3) is 0.481. The molecule has 1 unspecified atom stereocenters. The molecule has 3 aromatic rings. The Morgan fingerprint density at radius 1 is 1.16 bits per heavy atom. The zero-order chi connectivity index (χ0) is 31.5. The third kappa shape index (κ3) is 6.45. The monoisotopic (exact) mass is 621 g/mol. The van der Waals surface area contributed by atoms with Crippen LogP contribution in [0.4, 0.5) is 24.5 Å². The van der Waals surface area contributed by atoms with Crippen LogP contribution in [0.25, 0.3) is 17.2 Å². The lowest BCUT2D eigenvalue weighted by Crippen LogP contribution is -2.35. The Kier molecular flexibility index (Phi) is 9.92. The quantitative estimate of drug-likeness (QED) is 0.292. The average Bonchev–Trinajstić information content (AvgIpc) is 3.67. The second-order valence-corrected chi connectivity index (χ2v) is 10.5. The molecule has 0 aliphatic carbocycles. The van der Waals surface area contributed by atoms with E-state index in [-0.39, 0.29) is 37.2 Å². The van der Waals surface area contributed by atoms with Gasteiger partial charge in [0.2, 0.25) is 11.6 Å². The lowest BCUT2D eigenvalue weighted by Gasteiger charge is -2.25. The van der Waals surface area contributed by atoms with Crippen LogP contribution in [0.1, 0.15) is 33.0 Å². The summed E-state index contributed by atoms with van der Waals surface area (Å²) in [5, 5.41) is 31.0. The smallest absolute Gasteiger partial charge is 0.394 e. The number of aliphatic hydroxyl groups is 2. The number of carbonyl (C=O) groups is 1. The summed E-state index contributed by atoms with van der Waals surface area (Å²) in [4.78, 5) is 26.4. The van der Waals surface area contributed by atoms with Crippen molar-refractivity contribution in [1.82, 2.24) is 34.4 Å². The first kappa shape index (κ1) is 32.2. The number of aliphatic hydroxyl groups excluding tert-OH is 2. The number of thioether (sulfide) groups is 1. The summed E-state index contributed by atoms with van der Waals surface area (Å²) in [7, 11) is 1.61. The van der Waals surface area contributed by atoms with Crippen molar-refractivity contribution in [2.24, 2.45) is 12.0 Å². The van der Waals surface area contributed by atoms with Gasteiger partial charge in [-0.1, -0.05) is 0 Å². The highest BCUT2D eigenvalue weighted by molar-refractivity contribution is 7.98. The number of benzene rings is 1. The highest BCUT2D eigenvalue weighted by Crippen LogP contribution is 2.42. The van der Waals surface area contributed by atoms with Crippen molar-refractivity contribution in [3.05, 3.63) is 35.9 Å². The molecule has 0 saturated carbocycles. The molecule has 1 amide bonds. The van der Waals surface area contributed by atoms with Gasteiger partial charge >= 0.3 is 6.18 Å². The predicted molar refractivity (Wildman–Crippen MR) is 157 cm³/mol. The molecular formula is C27H34F3N9O3S. The van der Waals surface area contributed by atoms with E-state index in [1.807, 2.05) is 24.1 Å². The van der Waals surface area contributed by atoms with Crippen LogP contribution in [0.15, 0.2) is 40.0 Å². The van der Waals surface area contributed by atoms with Crippen molar-refractivity contribution in [3.63, 3.8) is 0 Å². The maximum absolute atomic E-state index is 14.7. The number of likely N-dealkylation sites (N-methyl/N-ethyl adjacent to an activating group) is 1. The van der Waals surface area contributed by atoms with Gasteiger partial charge in [-0.15, -0.1) is 27.1 Å². The molecule has 0 fully saturated rings. The van der Waals surface area contributed by atoms with Crippen molar-refractivity contribution < 1.29 is 28.2 Å². The van der Waals surface area contributed by atoms with Crippen molar-refractivity contribution in [3.8, 4) is 11.6 Å². The molecule has 12 nitrogen and oxygen atoms in total. The van der Waals surface area contributed by atoms with E-state index in [1.165, 1.54) is 27.6 Å². The van der Waals surface area contributed by atoms with Crippen LogP contribution >= 0.6 is 11.8 Å². The number of nitrogens with zero attached hydrogens (tertiary/aromatic N) is 9. The van der Waals surface area contributed by atoms with Gasteiger partial charge in [0, 0.05) is 43.8 Å². The second kappa shape index (κ2) is 13.3. The SMILES string of the molecule is CCN(CC)C(=O)C1=C(C(F)(F)F)c2nc(-c3nncn3C)nn2C1=Nc1ccc(N(CC)CCC(O)CO)cc1SC. The summed E-state index contributed by atoms with van der Waals surface area (Å²) >= 11 is 1.34. The second-order valence-electron chi connectivity index (χ2n) is 9.66. The molecule has 2 aromatic heterocycles. The Balaban J connectivity index is 1.91. The van der Waals surface area contributed by atoms with Gasteiger partial charge in [0.25, 0.3) is 5.91 Å². The van der Waals surface area contributed by atoms with Gasteiger partial charge in [-0.2, -0.15) is 17.9 Å². The fourth-order valence-electron chi connectivity index (χ4n) is 4.71. The number of carbonyl (C=O) groups excluding carboxylic acids is 1. The van der Waals surface area contributed by atoms with E-state index < -0.39 is 35.2 Å². The summed E-state index contributed by atoms with van der Waals surface area (Å²) in [6.07, 6.45) is -2.24. The lowest BCUT2D eigenvalue weighted by atomic mass is 10.1. The van der Waals surface area contributed by atoms with Crippen LogP contribution in [-0.2, 0) is 11.8 Å². The minimum Gasteiger partial charge on any atom is -0.394 e. The highest BCUT2D eigenvalue weighted by Gasteiger charge is 2.49. The number of hydrogen-bond donors (Lipinski definition) is 2. The molecule has 232 valence electrons. The van der Waals surface area contributed by atoms with Gasteiger partial charge in [-0.05, 0) is 51.6 Å².